The highest BCUT2D eigenvalue weighted by atomic mass is 32.1. The Morgan fingerprint density at radius 3 is 2.87 bits per heavy atom. The van der Waals surface area contributed by atoms with E-state index >= 15 is 0 Å². The van der Waals surface area contributed by atoms with Crippen LogP contribution >= 0.6 is 11.3 Å². The largest absolute Gasteiger partial charge is 0.366 e. The molecule has 1 N–H and O–H groups in total. The van der Waals surface area contributed by atoms with Gasteiger partial charge < -0.3 is 15.0 Å². The number of fused-ring (bicyclic) bond motifs is 1. The Morgan fingerprint density at radius 1 is 1.23 bits per heavy atom. The quantitative estimate of drug-likeness (QED) is 0.718. The van der Waals surface area contributed by atoms with Gasteiger partial charge in [-0.25, -0.2) is 0 Å². The van der Waals surface area contributed by atoms with E-state index in [0.717, 1.165) is 25.9 Å². The van der Waals surface area contributed by atoms with E-state index in [9.17, 15) is 9.59 Å². The maximum absolute atomic E-state index is 13.2. The van der Waals surface area contributed by atoms with Crippen LogP contribution in [0.4, 0.5) is 0 Å². The number of nitrogens with one attached hydrogen (secondary N) is 1. The molecule has 0 spiro atoms. The molecule has 0 aliphatic carbocycles. The number of thiophene rings is 1. The summed E-state index contributed by atoms with van der Waals surface area (Å²) in [5.41, 5.74) is 2.46. The number of carbonyl (C=O) groups excluding carboxylic acids is 2. The van der Waals surface area contributed by atoms with Crippen LogP contribution in [0, 0.1) is 0 Å². The third-order valence-electron chi connectivity index (χ3n) is 6.00. The maximum atomic E-state index is 13.2. The van der Waals surface area contributed by atoms with Gasteiger partial charge in [-0.2, -0.15) is 0 Å². The molecule has 2 atom stereocenters. The third-order valence-corrected chi connectivity index (χ3v) is 7.03. The number of ether oxygens (including phenoxy) is 1. The molecule has 166 valence electrons. The van der Waals surface area contributed by atoms with E-state index in [4.69, 9.17) is 4.74 Å². The van der Waals surface area contributed by atoms with Gasteiger partial charge in [-0.05, 0) is 35.4 Å². The van der Waals surface area contributed by atoms with Crippen LogP contribution < -0.4 is 5.32 Å². The molecule has 2 amide bonds. The molecule has 1 aromatic carbocycles. The lowest BCUT2D eigenvalue weighted by molar-refractivity contribution is -0.144. The van der Waals surface area contributed by atoms with Gasteiger partial charge in [0, 0.05) is 37.6 Å². The van der Waals surface area contributed by atoms with Crippen molar-refractivity contribution in [3.8, 4) is 0 Å². The summed E-state index contributed by atoms with van der Waals surface area (Å²) < 4.78 is 5.77. The van der Waals surface area contributed by atoms with Crippen LogP contribution in [0.5, 0.6) is 0 Å². The van der Waals surface area contributed by atoms with Crippen molar-refractivity contribution < 1.29 is 14.3 Å². The van der Waals surface area contributed by atoms with E-state index in [0.29, 0.717) is 32.7 Å². The van der Waals surface area contributed by atoms with Gasteiger partial charge in [0.25, 0.3) is 5.91 Å². The second-order valence-corrected chi connectivity index (χ2v) is 9.31. The molecular weight excluding hydrogens is 410 g/mol. The molecule has 7 heteroatoms. The zero-order valence-electron chi connectivity index (χ0n) is 18.1. The number of hydrogen-bond acceptors (Lipinski definition) is 5. The first-order valence-electron chi connectivity index (χ1n) is 11.2. The lowest BCUT2D eigenvalue weighted by Crippen LogP contribution is -2.55. The van der Waals surface area contributed by atoms with Crippen LogP contribution in [0.25, 0.3) is 0 Å². The molecule has 31 heavy (non-hydrogen) atoms. The van der Waals surface area contributed by atoms with Crippen LogP contribution in [0.15, 0.2) is 41.8 Å². The number of carbonyl (C=O) groups is 2. The van der Waals surface area contributed by atoms with Crippen molar-refractivity contribution >= 4 is 23.2 Å². The minimum atomic E-state index is -0.547. The van der Waals surface area contributed by atoms with Crippen molar-refractivity contribution in [3.05, 3.63) is 57.8 Å². The molecule has 1 saturated heterocycles. The summed E-state index contributed by atoms with van der Waals surface area (Å²) in [6, 6.07) is 11.9. The Balaban J connectivity index is 1.35. The highest BCUT2D eigenvalue weighted by molar-refractivity contribution is 7.10. The maximum Gasteiger partial charge on any atom is 0.251 e. The predicted octanol–water partition coefficient (Wildman–Crippen LogP) is 2.82. The normalized spacial score (nSPS) is 20.2. The Labute approximate surface area is 188 Å². The molecule has 0 bridgehead atoms. The zero-order chi connectivity index (χ0) is 21.6. The van der Waals surface area contributed by atoms with Gasteiger partial charge in [0.2, 0.25) is 5.91 Å². The summed E-state index contributed by atoms with van der Waals surface area (Å²) in [5.74, 6) is -0.165. The summed E-state index contributed by atoms with van der Waals surface area (Å²) in [5, 5.41) is 5.10. The van der Waals surface area contributed by atoms with Crippen LogP contribution in [-0.4, -0.2) is 60.0 Å². The van der Waals surface area contributed by atoms with Crippen molar-refractivity contribution in [2.24, 2.45) is 0 Å². The Kier molecular flexibility index (Phi) is 7.37. The summed E-state index contributed by atoms with van der Waals surface area (Å²) in [6.07, 6.45) is 1.82. The molecule has 3 heterocycles. The monoisotopic (exact) mass is 441 g/mol. The molecule has 0 saturated carbocycles. The molecular formula is C24H31N3O3S. The molecule has 0 radical (unpaired) electrons. The fourth-order valence-electron chi connectivity index (χ4n) is 4.31. The summed E-state index contributed by atoms with van der Waals surface area (Å²) in [4.78, 5) is 31.7. The van der Waals surface area contributed by atoms with Gasteiger partial charge in [-0.1, -0.05) is 43.7 Å². The average molecular weight is 442 g/mol. The Bertz CT molecular complexity index is 885. The number of morpholine rings is 1. The molecule has 2 unspecified atom stereocenters. The first-order valence-corrected chi connectivity index (χ1v) is 12.0. The van der Waals surface area contributed by atoms with E-state index in [1.807, 2.05) is 30.0 Å². The Hall–Kier alpha value is -2.22. The third kappa shape index (κ3) is 5.53. The standard InChI is InChI=1S/C24H31N3O3S/c1-2-6-20(24(29)27-11-9-22-19(16-27)10-14-31-22)25-23(28)21-17-26(12-13-30-21)15-18-7-4-3-5-8-18/h3-5,7-8,10,14,20-21H,2,6,9,11-13,15-17H2,1H3,(H,25,28). The lowest BCUT2D eigenvalue weighted by Gasteiger charge is -2.34. The summed E-state index contributed by atoms with van der Waals surface area (Å²) in [7, 11) is 0. The van der Waals surface area contributed by atoms with Crippen LogP contribution in [-0.2, 0) is 33.8 Å². The highest BCUT2D eigenvalue weighted by Crippen LogP contribution is 2.24. The van der Waals surface area contributed by atoms with Crippen molar-refractivity contribution in [1.29, 1.82) is 0 Å². The van der Waals surface area contributed by atoms with Crippen molar-refractivity contribution in [1.82, 2.24) is 15.1 Å². The van der Waals surface area contributed by atoms with Crippen LogP contribution in [0.2, 0.25) is 0 Å². The molecule has 1 aromatic heterocycles. The van der Waals surface area contributed by atoms with E-state index in [1.165, 1.54) is 16.0 Å². The fraction of sp³-hybridized carbons (Fsp3) is 0.500. The van der Waals surface area contributed by atoms with E-state index in [1.54, 1.807) is 11.3 Å². The fourth-order valence-corrected chi connectivity index (χ4v) is 5.20. The molecule has 2 aromatic rings. The van der Waals surface area contributed by atoms with Crippen LogP contribution in [0.1, 0.15) is 35.8 Å². The van der Waals surface area contributed by atoms with Crippen LogP contribution in [0.3, 0.4) is 0 Å². The van der Waals surface area contributed by atoms with Crippen molar-refractivity contribution in [3.63, 3.8) is 0 Å². The van der Waals surface area contributed by atoms with Gasteiger partial charge in [0.15, 0.2) is 0 Å². The van der Waals surface area contributed by atoms with Gasteiger partial charge >= 0.3 is 0 Å². The Morgan fingerprint density at radius 2 is 2.06 bits per heavy atom. The predicted molar refractivity (Wildman–Crippen MR) is 122 cm³/mol. The lowest BCUT2D eigenvalue weighted by atomic mass is 10.1. The number of rotatable bonds is 7. The molecule has 2 aliphatic heterocycles. The van der Waals surface area contributed by atoms with Gasteiger partial charge in [0.1, 0.15) is 12.1 Å². The van der Waals surface area contributed by atoms with Crippen molar-refractivity contribution in [2.75, 3.05) is 26.2 Å². The minimum absolute atomic E-state index is 0.0176. The van der Waals surface area contributed by atoms with E-state index in [-0.39, 0.29) is 11.8 Å². The van der Waals surface area contributed by atoms with E-state index < -0.39 is 12.1 Å². The second kappa shape index (κ2) is 10.4. The average Bonchev–Trinajstić information content (AvgIpc) is 3.27. The van der Waals surface area contributed by atoms with Gasteiger partial charge in [-0.15, -0.1) is 11.3 Å². The number of amides is 2. The zero-order valence-corrected chi connectivity index (χ0v) is 18.9. The summed E-state index contributed by atoms with van der Waals surface area (Å²) in [6.45, 7) is 6.04. The summed E-state index contributed by atoms with van der Waals surface area (Å²) >= 11 is 1.76. The molecule has 2 aliphatic rings. The number of nitrogens with zero attached hydrogens (tertiary/aromatic N) is 2. The topological polar surface area (TPSA) is 61.9 Å². The number of benzene rings is 1. The molecule has 1 fully saturated rings. The van der Waals surface area contributed by atoms with Crippen molar-refractivity contribution in [2.45, 2.75) is 51.4 Å². The smallest absolute Gasteiger partial charge is 0.251 e. The number of hydrogen-bond donors (Lipinski definition) is 1. The first kappa shape index (κ1) is 22.0. The van der Waals surface area contributed by atoms with E-state index in [2.05, 4.69) is 33.8 Å². The first-order chi connectivity index (χ1) is 15.1. The minimum Gasteiger partial charge on any atom is -0.366 e. The highest BCUT2D eigenvalue weighted by Gasteiger charge is 2.32. The van der Waals surface area contributed by atoms with Gasteiger partial charge in [0.05, 0.1) is 6.61 Å². The molecule has 4 rings (SSSR count). The molecule has 6 nitrogen and oxygen atoms in total. The van der Waals surface area contributed by atoms with Gasteiger partial charge in [-0.3, -0.25) is 14.5 Å². The SMILES string of the molecule is CCCC(NC(=O)C1CN(Cc2ccccc2)CCO1)C(=O)N1CCc2sccc2C1. The second-order valence-electron chi connectivity index (χ2n) is 8.31.